The molecule has 0 bridgehead atoms. The second kappa shape index (κ2) is 6.06. The fourth-order valence-corrected chi connectivity index (χ4v) is 3.41. The molecule has 1 aromatic carbocycles. The Bertz CT molecular complexity index is 627. The number of hydrogen-bond donors (Lipinski definition) is 0. The van der Waals surface area contributed by atoms with Crippen LogP contribution in [0.2, 0.25) is 0 Å². The number of thioether (sulfide) groups is 1. The summed E-state index contributed by atoms with van der Waals surface area (Å²) in [6, 6.07) is 11.2. The first-order chi connectivity index (χ1) is 10.2. The smallest absolute Gasteiger partial charge is 0.189 e. The van der Waals surface area contributed by atoms with Crippen molar-refractivity contribution in [3.63, 3.8) is 0 Å². The minimum atomic E-state index is 0.439. The van der Waals surface area contributed by atoms with Crippen molar-refractivity contribution in [1.29, 1.82) is 0 Å². The third kappa shape index (κ3) is 2.77. The molecular formula is C17H21N3S. The molecule has 0 radical (unpaired) electrons. The molecule has 1 fully saturated rings. The van der Waals surface area contributed by atoms with E-state index in [4.69, 9.17) is 4.98 Å². The van der Waals surface area contributed by atoms with Gasteiger partial charge in [-0.3, -0.25) is 0 Å². The number of hydrogen-bond acceptors (Lipinski definition) is 4. The highest BCUT2D eigenvalue weighted by molar-refractivity contribution is 7.98. The Balaban J connectivity index is 2.01. The van der Waals surface area contributed by atoms with Gasteiger partial charge < -0.3 is 4.90 Å². The molecule has 0 amide bonds. The van der Waals surface area contributed by atoms with E-state index in [1.54, 1.807) is 11.8 Å². The van der Waals surface area contributed by atoms with Gasteiger partial charge in [-0.25, -0.2) is 9.97 Å². The quantitative estimate of drug-likeness (QED) is 0.628. The Kier molecular flexibility index (Phi) is 4.15. The molecule has 2 aromatic rings. The summed E-state index contributed by atoms with van der Waals surface area (Å²) in [6.45, 7) is 5.29. The van der Waals surface area contributed by atoms with E-state index in [2.05, 4.69) is 54.1 Å². The van der Waals surface area contributed by atoms with E-state index < -0.39 is 0 Å². The number of aryl methyl sites for hydroxylation is 1. The van der Waals surface area contributed by atoms with Gasteiger partial charge in [-0.15, -0.1) is 0 Å². The normalized spacial score (nSPS) is 18.2. The van der Waals surface area contributed by atoms with E-state index in [0.29, 0.717) is 6.04 Å². The SMILES string of the molecule is CSc1nc(C)c(C)c(N2CCCC2c2ccccc2)n1. The summed E-state index contributed by atoms with van der Waals surface area (Å²) >= 11 is 1.61. The maximum absolute atomic E-state index is 4.79. The molecule has 1 aliphatic heterocycles. The summed E-state index contributed by atoms with van der Waals surface area (Å²) in [5, 5.41) is 0.867. The van der Waals surface area contributed by atoms with Gasteiger partial charge in [0.15, 0.2) is 5.16 Å². The van der Waals surface area contributed by atoms with Gasteiger partial charge in [-0.05, 0) is 38.5 Å². The van der Waals surface area contributed by atoms with Crippen molar-refractivity contribution in [1.82, 2.24) is 9.97 Å². The number of aromatic nitrogens is 2. The average Bonchev–Trinajstić information content (AvgIpc) is 3.00. The van der Waals surface area contributed by atoms with Crippen LogP contribution in [0.25, 0.3) is 0 Å². The van der Waals surface area contributed by atoms with Crippen LogP contribution in [-0.4, -0.2) is 22.8 Å². The molecule has 4 heteroatoms. The minimum absolute atomic E-state index is 0.439. The molecule has 3 nitrogen and oxygen atoms in total. The minimum Gasteiger partial charge on any atom is -0.349 e. The number of rotatable bonds is 3. The van der Waals surface area contributed by atoms with E-state index in [1.165, 1.54) is 24.0 Å². The van der Waals surface area contributed by atoms with Crippen molar-refractivity contribution in [2.75, 3.05) is 17.7 Å². The van der Waals surface area contributed by atoms with Gasteiger partial charge in [-0.2, -0.15) is 0 Å². The third-order valence-corrected chi connectivity index (χ3v) is 4.78. The van der Waals surface area contributed by atoms with Crippen molar-refractivity contribution < 1.29 is 0 Å². The molecule has 1 aromatic heterocycles. The summed E-state index contributed by atoms with van der Waals surface area (Å²) in [5.41, 5.74) is 3.68. The van der Waals surface area contributed by atoms with Gasteiger partial charge in [0.05, 0.1) is 6.04 Å². The van der Waals surface area contributed by atoms with Gasteiger partial charge >= 0.3 is 0 Å². The second-order valence-corrected chi connectivity index (χ2v) is 6.28. The van der Waals surface area contributed by atoms with Crippen molar-refractivity contribution in [2.24, 2.45) is 0 Å². The zero-order chi connectivity index (χ0) is 14.8. The zero-order valence-corrected chi connectivity index (χ0v) is 13.7. The first kappa shape index (κ1) is 14.4. The van der Waals surface area contributed by atoms with Gasteiger partial charge in [-0.1, -0.05) is 42.1 Å². The summed E-state index contributed by atoms with van der Waals surface area (Å²) in [5.74, 6) is 1.11. The van der Waals surface area contributed by atoms with Crippen LogP contribution in [0.3, 0.4) is 0 Å². The Morgan fingerprint density at radius 2 is 1.90 bits per heavy atom. The fraction of sp³-hybridized carbons (Fsp3) is 0.412. The van der Waals surface area contributed by atoms with E-state index in [0.717, 1.165) is 23.2 Å². The lowest BCUT2D eigenvalue weighted by molar-refractivity contribution is 0.700. The van der Waals surface area contributed by atoms with E-state index in [9.17, 15) is 0 Å². The molecule has 1 aliphatic rings. The monoisotopic (exact) mass is 299 g/mol. The highest BCUT2D eigenvalue weighted by atomic mass is 32.2. The standard InChI is InChI=1S/C17H21N3S/c1-12-13(2)18-17(21-3)19-16(12)20-11-7-10-15(20)14-8-5-4-6-9-14/h4-6,8-9,15H,7,10-11H2,1-3H3. The van der Waals surface area contributed by atoms with Gasteiger partial charge in [0, 0.05) is 17.8 Å². The van der Waals surface area contributed by atoms with Gasteiger partial charge in [0.1, 0.15) is 5.82 Å². The Morgan fingerprint density at radius 1 is 1.14 bits per heavy atom. The van der Waals surface area contributed by atoms with Gasteiger partial charge in [0.25, 0.3) is 0 Å². The number of anilines is 1. The maximum Gasteiger partial charge on any atom is 0.189 e. The molecule has 1 unspecified atom stereocenters. The lowest BCUT2D eigenvalue weighted by Gasteiger charge is -2.28. The van der Waals surface area contributed by atoms with Crippen molar-refractivity contribution in [3.8, 4) is 0 Å². The molecule has 3 rings (SSSR count). The van der Waals surface area contributed by atoms with Crippen molar-refractivity contribution in [2.45, 2.75) is 37.9 Å². The Labute approximate surface area is 130 Å². The number of nitrogens with zero attached hydrogens (tertiary/aromatic N) is 3. The summed E-state index contributed by atoms with van der Waals surface area (Å²) in [4.78, 5) is 11.8. The zero-order valence-electron chi connectivity index (χ0n) is 12.8. The third-order valence-electron chi connectivity index (χ3n) is 4.23. The molecule has 21 heavy (non-hydrogen) atoms. The molecule has 1 saturated heterocycles. The van der Waals surface area contributed by atoms with Crippen LogP contribution in [0.1, 0.15) is 35.7 Å². The molecule has 2 heterocycles. The molecule has 1 atom stereocenters. The lowest BCUT2D eigenvalue weighted by atomic mass is 10.0. The van der Waals surface area contributed by atoms with Crippen LogP contribution in [0.5, 0.6) is 0 Å². The predicted octanol–water partition coefficient (Wildman–Crippen LogP) is 4.16. The highest BCUT2D eigenvalue weighted by Crippen LogP contribution is 2.37. The summed E-state index contributed by atoms with van der Waals surface area (Å²) in [7, 11) is 0. The molecule has 0 saturated carbocycles. The molecule has 110 valence electrons. The van der Waals surface area contributed by atoms with E-state index in [-0.39, 0.29) is 0 Å². The first-order valence-corrected chi connectivity index (χ1v) is 8.64. The molecule has 0 aliphatic carbocycles. The highest BCUT2D eigenvalue weighted by Gasteiger charge is 2.28. The van der Waals surface area contributed by atoms with Gasteiger partial charge in [0.2, 0.25) is 0 Å². The average molecular weight is 299 g/mol. The topological polar surface area (TPSA) is 29.0 Å². The Hall–Kier alpha value is -1.55. The lowest BCUT2D eigenvalue weighted by Crippen LogP contribution is -2.25. The maximum atomic E-state index is 4.79. The summed E-state index contributed by atoms with van der Waals surface area (Å²) in [6.07, 6.45) is 4.45. The number of benzene rings is 1. The van der Waals surface area contributed by atoms with Crippen LogP contribution >= 0.6 is 11.8 Å². The summed E-state index contributed by atoms with van der Waals surface area (Å²) < 4.78 is 0. The van der Waals surface area contributed by atoms with Crippen LogP contribution < -0.4 is 4.90 Å². The van der Waals surface area contributed by atoms with Crippen LogP contribution in [-0.2, 0) is 0 Å². The second-order valence-electron chi connectivity index (χ2n) is 5.51. The van der Waals surface area contributed by atoms with E-state index in [1.807, 2.05) is 6.26 Å². The fourth-order valence-electron chi connectivity index (χ4n) is 3.00. The first-order valence-electron chi connectivity index (χ1n) is 7.41. The molecule has 0 spiro atoms. The van der Waals surface area contributed by atoms with Crippen LogP contribution in [0, 0.1) is 13.8 Å². The van der Waals surface area contributed by atoms with Crippen molar-refractivity contribution in [3.05, 3.63) is 47.2 Å². The van der Waals surface area contributed by atoms with Crippen LogP contribution in [0.4, 0.5) is 5.82 Å². The Morgan fingerprint density at radius 3 is 2.62 bits per heavy atom. The molecular weight excluding hydrogens is 278 g/mol. The van der Waals surface area contributed by atoms with E-state index >= 15 is 0 Å². The van der Waals surface area contributed by atoms with Crippen LogP contribution in [0.15, 0.2) is 35.5 Å². The predicted molar refractivity (Wildman–Crippen MR) is 89.1 cm³/mol. The van der Waals surface area contributed by atoms with Crippen molar-refractivity contribution >= 4 is 17.6 Å². The largest absolute Gasteiger partial charge is 0.349 e. The molecule has 0 N–H and O–H groups in total.